The van der Waals surface area contributed by atoms with Gasteiger partial charge in [0.25, 0.3) is 0 Å². The van der Waals surface area contributed by atoms with Crippen molar-refractivity contribution < 1.29 is 4.79 Å². The maximum Gasteiger partial charge on any atom is 0.223 e. The fourth-order valence-electron chi connectivity index (χ4n) is 1.54. The highest BCUT2D eigenvalue weighted by molar-refractivity contribution is 5.75. The van der Waals surface area contributed by atoms with Gasteiger partial charge in [0.1, 0.15) is 0 Å². The predicted octanol–water partition coefficient (Wildman–Crippen LogP) is 1.82. The second kappa shape index (κ2) is 7.07. The summed E-state index contributed by atoms with van der Waals surface area (Å²) >= 11 is 0. The molecule has 1 N–H and O–H groups in total. The lowest BCUT2D eigenvalue weighted by Crippen LogP contribution is -2.26. The summed E-state index contributed by atoms with van der Waals surface area (Å²) in [5, 5.41) is 3.28. The molecule has 0 fully saturated rings. The lowest BCUT2D eigenvalue weighted by Gasteiger charge is -2.10. The van der Waals surface area contributed by atoms with Crippen LogP contribution in [0.3, 0.4) is 0 Å². The first-order chi connectivity index (χ1) is 8.13. The number of rotatable bonds is 6. The monoisotopic (exact) mass is 234 g/mol. The molecule has 0 spiro atoms. The Morgan fingerprint density at radius 3 is 2.29 bits per heavy atom. The molecule has 0 radical (unpaired) electrons. The standard InChI is InChI=1S/C14H22N2O/c1-4-12-5-7-13(8-6-12)11-15-10-9-14(17)16(2)3/h5-8,15H,4,9-11H2,1-3H3. The zero-order valence-corrected chi connectivity index (χ0v) is 11.0. The summed E-state index contributed by atoms with van der Waals surface area (Å²) in [5.74, 6) is 0.166. The van der Waals surface area contributed by atoms with Crippen LogP contribution in [0.5, 0.6) is 0 Å². The molecule has 1 amide bonds. The van der Waals surface area contributed by atoms with Crippen molar-refractivity contribution in [2.45, 2.75) is 26.3 Å². The van der Waals surface area contributed by atoms with Crippen LogP contribution in [0, 0.1) is 0 Å². The Bertz CT molecular complexity index is 344. The van der Waals surface area contributed by atoms with Crippen molar-refractivity contribution in [2.24, 2.45) is 0 Å². The highest BCUT2D eigenvalue weighted by atomic mass is 16.2. The minimum Gasteiger partial charge on any atom is -0.349 e. The number of amides is 1. The molecule has 0 saturated carbocycles. The molecule has 0 aliphatic rings. The van der Waals surface area contributed by atoms with E-state index in [2.05, 4.69) is 36.5 Å². The van der Waals surface area contributed by atoms with Gasteiger partial charge in [-0.15, -0.1) is 0 Å². The average Bonchev–Trinajstić information content (AvgIpc) is 2.35. The Hall–Kier alpha value is -1.35. The van der Waals surface area contributed by atoms with E-state index in [-0.39, 0.29) is 5.91 Å². The molecule has 17 heavy (non-hydrogen) atoms. The van der Waals surface area contributed by atoms with Crippen LogP contribution in [0.4, 0.5) is 0 Å². The van der Waals surface area contributed by atoms with E-state index in [4.69, 9.17) is 0 Å². The van der Waals surface area contributed by atoms with Crippen LogP contribution in [0.15, 0.2) is 24.3 Å². The molecule has 94 valence electrons. The molecular formula is C14H22N2O. The molecule has 1 aromatic rings. The topological polar surface area (TPSA) is 32.3 Å². The van der Waals surface area contributed by atoms with Crippen LogP contribution in [-0.4, -0.2) is 31.4 Å². The van der Waals surface area contributed by atoms with Crippen LogP contribution in [0.25, 0.3) is 0 Å². The van der Waals surface area contributed by atoms with Crippen molar-refractivity contribution in [2.75, 3.05) is 20.6 Å². The van der Waals surface area contributed by atoms with E-state index in [1.54, 1.807) is 19.0 Å². The number of hydrogen-bond acceptors (Lipinski definition) is 2. The van der Waals surface area contributed by atoms with Crippen molar-refractivity contribution in [3.05, 3.63) is 35.4 Å². The second-order valence-corrected chi connectivity index (χ2v) is 4.38. The normalized spacial score (nSPS) is 10.3. The SMILES string of the molecule is CCc1ccc(CNCCC(=O)N(C)C)cc1. The molecule has 0 atom stereocenters. The third kappa shape index (κ3) is 5.00. The van der Waals surface area contributed by atoms with Gasteiger partial charge in [-0.05, 0) is 17.5 Å². The van der Waals surface area contributed by atoms with Crippen LogP contribution < -0.4 is 5.32 Å². The van der Waals surface area contributed by atoms with Gasteiger partial charge in [-0.3, -0.25) is 4.79 Å². The molecule has 0 saturated heterocycles. The Labute approximate surface area is 104 Å². The molecule has 0 aliphatic heterocycles. The van der Waals surface area contributed by atoms with E-state index < -0.39 is 0 Å². The average molecular weight is 234 g/mol. The van der Waals surface area contributed by atoms with E-state index in [0.717, 1.165) is 19.5 Å². The summed E-state index contributed by atoms with van der Waals surface area (Å²) in [6, 6.07) is 8.59. The summed E-state index contributed by atoms with van der Waals surface area (Å²) in [6.45, 7) is 3.71. The smallest absolute Gasteiger partial charge is 0.223 e. The van der Waals surface area contributed by atoms with Crippen molar-refractivity contribution >= 4 is 5.91 Å². The molecule has 0 heterocycles. The van der Waals surface area contributed by atoms with E-state index in [9.17, 15) is 4.79 Å². The summed E-state index contributed by atoms with van der Waals surface area (Å²) in [7, 11) is 3.57. The van der Waals surface area contributed by atoms with E-state index in [1.165, 1.54) is 11.1 Å². The van der Waals surface area contributed by atoms with Gasteiger partial charge in [0.2, 0.25) is 5.91 Å². The van der Waals surface area contributed by atoms with Gasteiger partial charge in [0.15, 0.2) is 0 Å². The second-order valence-electron chi connectivity index (χ2n) is 4.38. The Balaban J connectivity index is 2.24. The number of aryl methyl sites for hydroxylation is 1. The maximum absolute atomic E-state index is 11.3. The van der Waals surface area contributed by atoms with Gasteiger partial charge >= 0.3 is 0 Å². The first-order valence-electron chi connectivity index (χ1n) is 6.12. The van der Waals surface area contributed by atoms with E-state index >= 15 is 0 Å². The van der Waals surface area contributed by atoms with Crippen LogP contribution in [-0.2, 0) is 17.8 Å². The van der Waals surface area contributed by atoms with Gasteiger partial charge in [-0.25, -0.2) is 0 Å². The summed E-state index contributed by atoms with van der Waals surface area (Å²) in [6.07, 6.45) is 1.63. The number of hydrogen-bond donors (Lipinski definition) is 1. The minimum atomic E-state index is 0.166. The van der Waals surface area contributed by atoms with Gasteiger partial charge in [-0.1, -0.05) is 31.2 Å². The van der Waals surface area contributed by atoms with Gasteiger partial charge in [0, 0.05) is 33.6 Å². The van der Waals surface area contributed by atoms with Crippen molar-refractivity contribution in [1.82, 2.24) is 10.2 Å². The molecule has 1 rings (SSSR count). The van der Waals surface area contributed by atoms with Crippen molar-refractivity contribution in [1.29, 1.82) is 0 Å². The molecule has 0 unspecified atom stereocenters. The van der Waals surface area contributed by atoms with E-state index in [0.29, 0.717) is 6.42 Å². The van der Waals surface area contributed by atoms with Gasteiger partial charge in [0.05, 0.1) is 0 Å². The Kier molecular flexibility index (Phi) is 5.70. The lowest BCUT2D eigenvalue weighted by molar-refractivity contribution is -0.128. The number of carbonyl (C=O) groups excluding carboxylic acids is 1. The fraction of sp³-hybridized carbons (Fsp3) is 0.500. The summed E-state index contributed by atoms with van der Waals surface area (Å²) in [5.41, 5.74) is 2.62. The minimum absolute atomic E-state index is 0.166. The van der Waals surface area contributed by atoms with Gasteiger partial charge in [-0.2, -0.15) is 0 Å². The summed E-state index contributed by atoms with van der Waals surface area (Å²) < 4.78 is 0. The molecule has 0 aromatic heterocycles. The van der Waals surface area contributed by atoms with Crippen LogP contribution in [0.2, 0.25) is 0 Å². The Morgan fingerprint density at radius 1 is 1.18 bits per heavy atom. The van der Waals surface area contributed by atoms with Crippen LogP contribution in [0.1, 0.15) is 24.5 Å². The predicted molar refractivity (Wildman–Crippen MR) is 70.8 cm³/mol. The zero-order chi connectivity index (χ0) is 12.7. The zero-order valence-electron chi connectivity index (χ0n) is 11.0. The highest BCUT2D eigenvalue weighted by Gasteiger charge is 2.02. The number of benzene rings is 1. The third-order valence-corrected chi connectivity index (χ3v) is 2.77. The number of nitrogens with one attached hydrogen (secondary N) is 1. The van der Waals surface area contributed by atoms with Gasteiger partial charge < -0.3 is 10.2 Å². The molecule has 0 bridgehead atoms. The van der Waals surface area contributed by atoms with Crippen molar-refractivity contribution in [3.63, 3.8) is 0 Å². The molecular weight excluding hydrogens is 212 g/mol. The first kappa shape index (κ1) is 13.7. The van der Waals surface area contributed by atoms with Crippen LogP contribution >= 0.6 is 0 Å². The Morgan fingerprint density at radius 2 is 1.76 bits per heavy atom. The molecule has 0 aliphatic carbocycles. The maximum atomic E-state index is 11.3. The molecule has 1 aromatic carbocycles. The largest absolute Gasteiger partial charge is 0.349 e. The molecule has 3 heteroatoms. The van der Waals surface area contributed by atoms with Crippen molar-refractivity contribution in [3.8, 4) is 0 Å². The first-order valence-corrected chi connectivity index (χ1v) is 6.12. The van der Waals surface area contributed by atoms with E-state index in [1.807, 2.05) is 0 Å². The summed E-state index contributed by atoms with van der Waals surface area (Å²) in [4.78, 5) is 12.9. The lowest BCUT2D eigenvalue weighted by atomic mass is 10.1. The quantitative estimate of drug-likeness (QED) is 0.761. The third-order valence-electron chi connectivity index (χ3n) is 2.77. The molecule has 3 nitrogen and oxygen atoms in total. The number of nitrogens with zero attached hydrogens (tertiary/aromatic N) is 1. The highest BCUT2D eigenvalue weighted by Crippen LogP contribution is 2.04. The number of carbonyl (C=O) groups is 1. The fourth-order valence-corrected chi connectivity index (χ4v) is 1.54.